The van der Waals surface area contributed by atoms with Gasteiger partial charge in [0, 0.05) is 24.7 Å². The van der Waals surface area contributed by atoms with Gasteiger partial charge in [-0.15, -0.1) is 0 Å². The van der Waals surface area contributed by atoms with E-state index in [4.69, 9.17) is 14.7 Å². The predicted molar refractivity (Wildman–Crippen MR) is 89.8 cm³/mol. The Hall–Kier alpha value is -0.820. The lowest BCUT2D eigenvalue weighted by molar-refractivity contribution is -0.453. The van der Waals surface area contributed by atoms with Gasteiger partial charge in [0.15, 0.2) is 22.8 Å². The van der Waals surface area contributed by atoms with E-state index in [0.717, 1.165) is 12.8 Å². The number of carbonyl (C=O) groups excluding carboxylic acids is 2. The average Bonchev–Trinajstić information content (AvgIpc) is 2.72. The summed E-state index contributed by atoms with van der Waals surface area (Å²) in [5, 5.41) is 9.89. The van der Waals surface area contributed by atoms with Crippen LogP contribution in [0.3, 0.4) is 0 Å². The second-order valence-corrected chi connectivity index (χ2v) is 10.5. The van der Waals surface area contributed by atoms with Crippen LogP contribution >= 0.6 is 0 Å². The lowest BCUT2D eigenvalue weighted by atomic mass is 9.41. The van der Waals surface area contributed by atoms with Crippen molar-refractivity contribution < 1.29 is 29.5 Å². The molecule has 1 saturated heterocycles. The second-order valence-electron chi connectivity index (χ2n) is 10.5. The maximum absolute atomic E-state index is 13.5. The highest BCUT2D eigenvalue weighted by Gasteiger charge is 2.75. The van der Waals surface area contributed by atoms with E-state index >= 15 is 0 Å². The van der Waals surface area contributed by atoms with Crippen molar-refractivity contribution in [1.82, 2.24) is 0 Å². The molecule has 1 spiro atoms. The highest BCUT2D eigenvalue weighted by Crippen LogP contribution is 2.68. The Bertz CT molecular complexity index is 698. The van der Waals surface area contributed by atoms with Crippen molar-refractivity contribution in [3.8, 4) is 0 Å². The number of fused-ring (bicyclic) bond motifs is 1. The van der Waals surface area contributed by atoms with Gasteiger partial charge in [0.25, 0.3) is 0 Å². The largest absolute Gasteiger partial charge is 0.296 e. The summed E-state index contributed by atoms with van der Waals surface area (Å²) < 4.78 is 0. The molecule has 6 saturated carbocycles. The molecule has 7 aliphatic rings. The van der Waals surface area contributed by atoms with Gasteiger partial charge < -0.3 is 0 Å². The lowest BCUT2D eigenvalue weighted by Crippen LogP contribution is -2.72. The van der Waals surface area contributed by atoms with Gasteiger partial charge >= 0.3 is 0 Å². The summed E-state index contributed by atoms with van der Waals surface area (Å²) in [5.74, 6) is 0.306. The van der Waals surface area contributed by atoms with Gasteiger partial charge in [0.05, 0.1) is 0 Å². The van der Waals surface area contributed by atoms with E-state index < -0.39 is 17.3 Å². The molecular formula is C20H28O6. The molecule has 4 bridgehead atoms. The molecule has 0 aromatic carbocycles. The number of hydrogen-bond acceptors (Lipinski definition) is 6. The first-order chi connectivity index (χ1) is 12.1. The molecule has 6 aliphatic carbocycles. The smallest absolute Gasteiger partial charge is 0.193 e. The Morgan fingerprint density at radius 1 is 0.962 bits per heavy atom. The van der Waals surface area contributed by atoms with E-state index in [0.29, 0.717) is 24.7 Å². The molecule has 7 atom stereocenters. The topological polar surface area (TPSA) is 82.1 Å². The molecule has 6 nitrogen and oxygen atoms in total. The Morgan fingerprint density at radius 2 is 1.62 bits per heavy atom. The third kappa shape index (κ3) is 1.65. The molecular weight excluding hydrogens is 336 g/mol. The molecule has 7 rings (SSSR count). The van der Waals surface area contributed by atoms with Crippen LogP contribution in [0.25, 0.3) is 0 Å². The molecule has 0 aromatic heterocycles. The summed E-state index contributed by atoms with van der Waals surface area (Å²) in [6.07, 6.45) is 2.00. The van der Waals surface area contributed by atoms with E-state index in [1.165, 1.54) is 0 Å². The summed E-state index contributed by atoms with van der Waals surface area (Å²) in [7, 11) is 0. The molecule has 0 aromatic rings. The summed E-state index contributed by atoms with van der Waals surface area (Å²) in [4.78, 5) is 43.1. The quantitative estimate of drug-likeness (QED) is 0.569. The van der Waals surface area contributed by atoms with E-state index in [2.05, 4.69) is 27.7 Å². The maximum Gasteiger partial charge on any atom is 0.193 e. The number of Topliss-reactive ketones (excluding diaryl/α,β-unsaturated/α-hetero) is 2. The van der Waals surface area contributed by atoms with E-state index in [1.807, 2.05) is 0 Å². The molecule has 1 N–H and O–H groups in total. The predicted octanol–water partition coefficient (Wildman–Crippen LogP) is 2.94. The highest BCUT2D eigenvalue weighted by atomic mass is 17.2. The van der Waals surface area contributed by atoms with Crippen molar-refractivity contribution >= 4 is 11.6 Å². The second kappa shape index (κ2) is 4.77. The van der Waals surface area contributed by atoms with Crippen LogP contribution in [0.15, 0.2) is 0 Å². The van der Waals surface area contributed by atoms with Crippen LogP contribution in [0.4, 0.5) is 0 Å². The third-order valence-corrected chi connectivity index (χ3v) is 9.23. The van der Waals surface area contributed by atoms with Gasteiger partial charge in [0.1, 0.15) is 6.10 Å². The summed E-state index contributed by atoms with van der Waals surface area (Å²) in [6.45, 7) is 8.51. The van der Waals surface area contributed by atoms with Crippen LogP contribution in [-0.2, 0) is 24.3 Å². The van der Waals surface area contributed by atoms with Crippen LogP contribution in [0.1, 0.15) is 59.8 Å². The van der Waals surface area contributed by atoms with Gasteiger partial charge in [-0.2, -0.15) is 0 Å². The first kappa shape index (κ1) is 17.3. The van der Waals surface area contributed by atoms with Crippen LogP contribution in [0.5, 0.6) is 0 Å². The molecule has 0 amide bonds. The molecule has 0 unspecified atom stereocenters. The first-order valence-corrected chi connectivity index (χ1v) is 9.84. The normalized spacial score (nSPS) is 53.3. The monoisotopic (exact) mass is 364 g/mol. The Labute approximate surface area is 153 Å². The summed E-state index contributed by atoms with van der Waals surface area (Å²) in [5.41, 5.74) is -2.81. The number of hydrogen-bond donors (Lipinski definition) is 1. The molecule has 1 heterocycles. The Morgan fingerprint density at radius 3 is 2.23 bits per heavy atom. The zero-order chi connectivity index (χ0) is 18.7. The molecule has 1 aliphatic heterocycles. The first-order valence-electron chi connectivity index (χ1n) is 9.84. The minimum Gasteiger partial charge on any atom is -0.296 e. The number of carbonyl (C=O) groups is 2. The number of ketones is 2. The van der Waals surface area contributed by atoms with Crippen LogP contribution < -0.4 is 0 Å². The minimum absolute atomic E-state index is 0.0373. The van der Waals surface area contributed by atoms with Crippen molar-refractivity contribution in [3.05, 3.63) is 0 Å². The Balaban J connectivity index is 1.56. The molecule has 7 fully saturated rings. The fourth-order valence-corrected chi connectivity index (χ4v) is 7.08. The Kier molecular flexibility index (Phi) is 3.17. The van der Waals surface area contributed by atoms with Gasteiger partial charge in [-0.25, -0.2) is 14.7 Å². The van der Waals surface area contributed by atoms with Crippen molar-refractivity contribution in [1.29, 1.82) is 0 Å². The standard InChI is InChI=1S/C20H28O6/c1-17(2)10-5-12(17)19(14(21)7-10)9-15(22)20(25-23)13-6-11(18(13,3)4)8-16(20)24-26-19/h10-13,16,23H,5-9H2,1-4H3/t10-,11-,12-,13-,16+,19-,20-/m1/s1. The van der Waals surface area contributed by atoms with Gasteiger partial charge in [0.2, 0.25) is 0 Å². The van der Waals surface area contributed by atoms with Crippen molar-refractivity contribution in [2.75, 3.05) is 0 Å². The molecule has 0 radical (unpaired) electrons. The van der Waals surface area contributed by atoms with Crippen molar-refractivity contribution in [2.24, 2.45) is 34.5 Å². The summed E-state index contributed by atoms with van der Waals surface area (Å²) >= 11 is 0. The molecule has 26 heavy (non-hydrogen) atoms. The van der Waals surface area contributed by atoms with Gasteiger partial charge in [-0.1, -0.05) is 27.7 Å². The third-order valence-electron chi connectivity index (χ3n) is 9.23. The van der Waals surface area contributed by atoms with Crippen LogP contribution in [0, 0.1) is 34.5 Å². The fraction of sp³-hybridized carbons (Fsp3) is 0.900. The average molecular weight is 364 g/mol. The highest BCUT2D eigenvalue weighted by molar-refractivity contribution is 5.99. The minimum atomic E-state index is -1.42. The van der Waals surface area contributed by atoms with Crippen LogP contribution in [0.2, 0.25) is 0 Å². The van der Waals surface area contributed by atoms with Crippen molar-refractivity contribution in [2.45, 2.75) is 77.1 Å². The van der Waals surface area contributed by atoms with Gasteiger partial charge in [-0.3, -0.25) is 14.8 Å². The molecule has 144 valence electrons. The zero-order valence-corrected chi connectivity index (χ0v) is 15.9. The SMILES string of the molecule is CC1(C)[C@H]2C[C@@H]3OO[C@@]4(CC(=O)[C@]3(OO)[C@@H]1C2)C(=O)C[C@H]1C[C@@H]4C1(C)C. The number of rotatable bonds is 1. The van der Waals surface area contributed by atoms with Gasteiger partial charge in [-0.05, 0) is 41.9 Å². The maximum atomic E-state index is 13.5. The van der Waals surface area contributed by atoms with Crippen molar-refractivity contribution in [3.63, 3.8) is 0 Å². The fourth-order valence-electron chi connectivity index (χ4n) is 7.08. The summed E-state index contributed by atoms with van der Waals surface area (Å²) in [6, 6.07) is 0. The lowest BCUT2D eigenvalue weighted by Gasteiger charge is -2.64. The molecule has 6 heteroatoms. The van der Waals surface area contributed by atoms with Crippen LogP contribution in [-0.4, -0.2) is 34.1 Å². The zero-order valence-electron chi connectivity index (χ0n) is 15.9. The van der Waals surface area contributed by atoms with E-state index in [1.54, 1.807) is 0 Å². The van der Waals surface area contributed by atoms with E-state index in [-0.39, 0.29) is 40.7 Å². The van der Waals surface area contributed by atoms with E-state index in [9.17, 15) is 14.8 Å².